The molecule has 0 bridgehead atoms. The molecular formula is C27H22N2O5. The summed E-state index contributed by atoms with van der Waals surface area (Å²) >= 11 is 0. The molecule has 34 heavy (non-hydrogen) atoms. The number of fused-ring (bicyclic) bond motifs is 3. The molecule has 1 unspecified atom stereocenters. The van der Waals surface area contributed by atoms with Gasteiger partial charge >= 0.3 is 12.1 Å². The lowest BCUT2D eigenvalue weighted by Gasteiger charge is -2.19. The molecule has 0 aliphatic heterocycles. The molecule has 3 N–H and O–H groups in total. The molecule has 4 rings (SSSR count). The lowest BCUT2D eigenvalue weighted by Crippen LogP contribution is -2.45. The Kier molecular flexibility index (Phi) is 6.60. The summed E-state index contributed by atoms with van der Waals surface area (Å²) in [7, 11) is 0. The number of carboxylic acids is 1. The van der Waals surface area contributed by atoms with Crippen LogP contribution in [0.3, 0.4) is 0 Å². The predicted octanol–water partition coefficient (Wildman–Crippen LogP) is 3.99. The number of amides is 2. The molecule has 2 amide bonds. The lowest BCUT2D eigenvalue weighted by atomic mass is 9.98. The van der Waals surface area contributed by atoms with E-state index in [-0.39, 0.29) is 12.5 Å². The molecule has 0 fully saturated rings. The van der Waals surface area contributed by atoms with Gasteiger partial charge in [0.25, 0.3) is 0 Å². The number of carbonyl (C=O) groups excluding carboxylic acids is 2. The third-order valence-electron chi connectivity index (χ3n) is 5.63. The maximum Gasteiger partial charge on any atom is 0.407 e. The number of hydrogen-bond donors (Lipinski definition) is 3. The summed E-state index contributed by atoms with van der Waals surface area (Å²) in [6, 6.07) is 21.0. The Balaban J connectivity index is 1.43. The molecule has 1 aliphatic rings. The van der Waals surface area contributed by atoms with Crippen molar-refractivity contribution in [3.63, 3.8) is 0 Å². The van der Waals surface area contributed by atoms with Crippen LogP contribution >= 0.6 is 0 Å². The van der Waals surface area contributed by atoms with Crippen LogP contribution < -0.4 is 10.6 Å². The van der Waals surface area contributed by atoms with E-state index in [1.54, 1.807) is 24.3 Å². The Labute approximate surface area is 196 Å². The number of nitrogens with one attached hydrogen (secondary N) is 2. The van der Waals surface area contributed by atoms with Crippen LogP contribution in [0.4, 0.5) is 10.5 Å². The van der Waals surface area contributed by atoms with Crippen LogP contribution in [0.2, 0.25) is 0 Å². The normalized spacial score (nSPS) is 12.6. The summed E-state index contributed by atoms with van der Waals surface area (Å²) in [5.41, 5.74) is 5.21. The fraction of sp³-hybridized carbons (Fsp3) is 0.148. The van der Waals surface area contributed by atoms with E-state index in [1.165, 1.54) is 0 Å². The minimum Gasteiger partial charge on any atom is -0.481 e. The zero-order valence-corrected chi connectivity index (χ0v) is 18.2. The van der Waals surface area contributed by atoms with Gasteiger partial charge in [0.1, 0.15) is 12.6 Å². The standard InChI is InChI=1S/C27H22N2O5/c1-2-17-8-7-9-18(14-17)28-26(32)24(15-25(30)31)29-27(33)34-16-23-21-12-5-3-10-19(21)20-11-4-6-13-22(20)23/h1,3-14,23-24H,15-16H2,(H,28,32)(H,29,33)(H,30,31). The van der Waals surface area contributed by atoms with Crippen molar-refractivity contribution in [2.24, 2.45) is 0 Å². The number of carboxylic acid groups (broad SMARTS) is 1. The number of rotatable bonds is 7. The van der Waals surface area contributed by atoms with Crippen molar-refractivity contribution in [2.45, 2.75) is 18.4 Å². The molecule has 0 radical (unpaired) electrons. The first-order valence-corrected chi connectivity index (χ1v) is 10.7. The molecule has 1 atom stereocenters. The van der Waals surface area contributed by atoms with Gasteiger partial charge in [-0.25, -0.2) is 4.79 Å². The fourth-order valence-electron chi connectivity index (χ4n) is 4.08. The Bertz CT molecular complexity index is 1250. The molecule has 0 spiro atoms. The number of aliphatic carboxylic acids is 1. The summed E-state index contributed by atoms with van der Waals surface area (Å²) < 4.78 is 5.44. The van der Waals surface area contributed by atoms with Crippen LogP contribution in [0.5, 0.6) is 0 Å². The maximum absolute atomic E-state index is 12.7. The largest absolute Gasteiger partial charge is 0.481 e. The molecule has 3 aromatic carbocycles. The first-order valence-electron chi connectivity index (χ1n) is 10.7. The van der Waals surface area contributed by atoms with E-state index in [2.05, 4.69) is 16.6 Å². The predicted molar refractivity (Wildman–Crippen MR) is 127 cm³/mol. The average molecular weight is 454 g/mol. The Morgan fingerprint density at radius 3 is 2.24 bits per heavy atom. The topological polar surface area (TPSA) is 105 Å². The number of hydrogen-bond acceptors (Lipinski definition) is 4. The highest BCUT2D eigenvalue weighted by Crippen LogP contribution is 2.44. The van der Waals surface area contributed by atoms with Gasteiger partial charge in [0.15, 0.2) is 0 Å². The third kappa shape index (κ3) is 4.92. The van der Waals surface area contributed by atoms with Crippen molar-refractivity contribution in [1.29, 1.82) is 0 Å². The van der Waals surface area contributed by atoms with Crippen molar-refractivity contribution in [1.82, 2.24) is 5.32 Å². The van der Waals surface area contributed by atoms with E-state index in [1.807, 2.05) is 48.5 Å². The molecular weight excluding hydrogens is 432 g/mol. The van der Waals surface area contributed by atoms with Gasteiger partial charge in [-0.1, -0.05) is 60.5 Å². The van der Waals surface area contributed by atoms with E-state index in [9.17, 15) is 19.5 Å². The number of ether oxygens (including phenoxy) is 1. The highest BCUT2D eigenvalue weighted by atomic mass is 16.5. The van der Waals surface area contributed by atoms with Gasteiger partial charge in [0, 0.05) is 17.2 Å². The highest BCUT2D eigenvalue weighted by molar-refractivity contribution is 5.98. The fourth-order valence-corrected chi connectivity index (χ4v) is 4.08. The Hall–Kier alpha value is -4.57. The molecule has 7 nitrogen and oxygen atoms in total. The van der Waals surface area contributed by atoms with Crippen molar-refractivity contribution >= 4 is 23.7 Å². The van der Waals surface area contributed by atoms with Crippen molar-refractivity contribution in [2.75, 3.05) is 11.9 Å². The first kappa shape index (κ1) is 22.6. The quantitative estimate of drug-likeness (QED) is 0.468. The van der Waals surface area contributed by atoms with Crippen molar-refractivity contribution in [3.8, 4) is 23.5 Å². The second kappa shape index (κ2) is 9.92. The zero-order valence-electron chi connectivity index (χ0n) is 18.2. The second-order valence-electron chi connectivity index (χ2n) is 7.83. The van der Waals surface area contributed by atoms with Gasteiger partial charge in [-0.3, -0.25) is 9.59 Å². The molecule has 0 saturated heterocycles. The van der Waals surface area contributed by atoms with E-state index < -0.39 is 30.4 Å². The lowest BCUT2D eigenvalue weighted by molar-refractivity contribution is -0.139. The van der Waals surface area contributed by atoms with Crippen LogP contribution in [-0.2, 0) is 14.3 Å². The SMILES string of the molecule is C#Cc1cccc(NC(=O)C(CC(=O)O)NC(=O)OCC2c3ccccc3-c3ccccc32)c1. The first-order chi connectivity index (χ1) is 16.5. The average Bonchev–Trinajstić information content (AvgIpc) is 3.16. The maximum atomic E-state index is 12.7. The van der Waals surface area contributed by atoms with Crippen molar-refractivity contribution < 1.29 is 24.2 Å². The molecule has 3 aromatic rings. The Morgan fingerprint density at radius 1 is 0.971 bits per heavy atom. The van der Waals surface area contributed by atoms with Gasteiger partial charge in [0.2, 0.25) is 5.91 Å². The number of carbonyl (C=O) groups is 3. The minimum atomic E-state index is -1.33. The summed E-state index contributed by atoms with van der Waals surface area (Å²) in [6.45, 7) is 0.0471. The summed E-state index contributed by atoms with van der Waals surface area (Å²) in [5.74, 6) is 0.372. The molecule has 0 aromatic heterocycles. The molecule has 0 saturated carbocycles. The van der Waals surface area contributed by atoms with Crippen LogP contribution in [0, 0.1) is 12.3 Å². The van der Waals surface area contributed by atoms with E-state index >= 15 is 0 Å². The van der Waals surface area contributed by atoms with E-state index in [0.717, 1.165) is 22.3 Å². The third-order valence-corrected chi connectivity index (χ3v) is 5.63. The van der Waals surface area contributed by atoms with E-state index in [4.69, 9.17) is 11.2 Å². The number of alkyl carbamates (subject to hydrolysis) is 1. The second-order valence-corrected chi connectivity index (χ2v) is 7.83. The molecule has 0 heterocycles. The van der Waals surface area contributed by atoms with Crippen LogP contribution in [0.15, 0.2) is 72.8 Å². The van der Waals surface area contributed by atoms with Crippen LogP contribution in [-0.4, -0.2) is 35.7 Å². The van der Waals surface area contributed by atoms with Crippen LogP contribution in [0.25, 0.3) is 11.1 Å². The number of benzene rings is 3. The molecule has 170 valence electrons. The van der Waals surface area contributed by atoms with Gasteiger partial charge in [-0.15, -0.1) is 6.42 Å². The van der Waals surface area contributed by atoms with Crippen LogP contribution in [0.1, 0.15) is 29.0 Å². The minimum absolute atomic E-state index is 0.0471. The van der Waals surface area contributed by atoms with Crippen molar-refractivity contribution in [3.05, 3.63) is 89.5 Å². The monoisotopic (exact) mass is 454 g/mol. The zero-order chi connectivity index (χ0) is 24.1. The highest BCUT2D eigenvalue weighted by Gasteiger charge is 2.30. The van der Waals surface area contributed by atoms with Gasteiger partial charge < -0.3 is 20.5 Å². The van der Waals surface area contributed by atoms with Gasteiger partial charge in [0.05, 0.1) is 6.42 Å². The Morgan fingerprint density at radius 2 is 1.62 bits per heavy atom. The summed E-state index contributed by atoms with van der Waals surface area (Å²) in [6.07, 6.45) is 3.89. The van der Waals surface area contributed by atoms with E-state index in [0.29, 0.717) is 11.3 Å². The number of anilines is 1. The molecule has 7 heteroatoms. The summed E-state index contributed by atoms with van der Waals surface area (Å²) in [5, 5.41) is 14.2. The number of terminal acetylenes is 1. The molecule has 1 aliphatic carbocycles. The van der Waals surface area contributed by atoms with Gasteiger partial charge in [-0.2, -0.15) is 0 Å². The van der Waals surface area contributed by atoms with Gasteiger partial charge in [-0.05, 0) is 40.5 Å². The summed E-state index contributed by atoms with van der Waals surface area (Å²) in [4.78, 5) is 36.5. The smallest absolute Gasteiger partial charge is 0.407 e.